The summed E-state index contributed by atoms with van der Waals surface area (Å²) in [5.74, 6) is -0.533. The van der Waals surface area contributed by atoms with E-state index in [1.165, 1.54) is 44.2 Å². The predicted molar refractivity (Wildman–Crippen MR) is 99.3 cm³/mol. The van der Waals surface area contributed by atoms with Gasteiger partial charge in [-0.05, 0) is 36.6 Å². The molecule has 7 heteroatoms. The van der Waals surface area contributed by atoms with Crippen LogP contribution in [0.3, 0.4) is 0 Å². The van der Waals surface area contributed by atoms with Gasteiger partial charge in [0.2, 0.25) is 0 Å². The van der Waals surface area contributed by atoms with Crippen molar-refractivity contribution in [3.63, 3.8) is 0 Å². The van der Waals surface area contributed by atoms with Gasteiger partial charge in [-0.3, -0.25) is 4.55 Å². The van der Waals surface area contributed by atoms with Crippen LogP contribution < -0.4 is 61.2 Å². The molecule has 0 saturated carbocycles. The Hall–Kier alpha value is -0.414. The van der Waals surface area contributed by atoms with Gasteiger partial charge in [0.25, 0.3) is 10.1 Å². The van der Waals surface area contributed by atoms with Crippen LogP contribution in [0.2, 0.25) is 0 Å². The van der Waals surface area contributed by atoms with Crippen molar-refractivity contribution >= 4 is 10.1 Å². The van der Waals surface area contributed by atoms with Gasteiger partial charge in [-0.2, -0.15) is 8.42 Å². The van der Waals surface area contributed by atoms with Crippen LogP contribution in [-0.2, 0) is 16.5 Å². The summed E-state index contributed by atoms with van der Waals surface area (Å²) in [7, 11) is -4.66. The van der Waals surface area contributed by atoms with E-state index < -0.39 is 20.8 Å². The molecule has 2 rings (SSSR count). The second-order valence-corrected chi connectivity index (χ2v) is 7.68. The zero-order valence-corrected chi connectivity index (χ0v) is 19.9. The normalized spacial score (nSPS) is 11.0. The molecule has 0 aliphatic heterocycles. The van der Waals surface area contributed by atoms with Crippen molar-refractivity contribution in [1.29, 1.82) is 0 Å². The molecular formula is C20H25KO5S. The molecule has 0 heterocycles. The first-order chi connectivity index (χ1) is 12.4. The Morgan fingerprint density at radius 1 is 1.00 bits per heavy atom. The van der Waals surface area contributed by atoms with Crippen molar-refractivity contribution in [3.8, 4) is 17.2 Å². The molecule has 0 atom stereocenters. The molecule has 0 radical (unpaired) electrons. The minimum absolute atomic E-state index is 0. The van der Waals surface area contributed by atoms with Gasteiger partial charge >= 0.3 is 51.4 Å². The molecule has 0 unspecified atom stereocenters. The molecule has 5 nitrogen and oxygen atoms in total. The summed E-state index contributed by atoms with van der Waals surface area (Å²) < 4.78 is 37.8. The number of ether oxygens (including phenoxy) is 1. The van der Waals surface area contributed by atoms with Crippen LogP contribution in [0, 0.1) is 0 Å². The number of hydrogen-bond donors (Lipinski definition) is 1. The van der Waals surface area contributed by atoms with Gasteiger partial charge in [-0.25, -0.2) is 0 Å². The average molecular weight is 417 g/mol. The Morgan fingerprint density at radius 3 is 2.37 bits per heavy atom. The molecule has 1 N–H and O–H groups in total. The molecule has 0 spiro atoms. The number of benzene rings is 2. The maximum absolute atomic E-state index is 11.8. The fraction of sp³-hybridized carbons (Fsp3) is 0.400. The third-order valence-electron chi connectivity index (χ3n) is 4.15. The first-order valence-electron chi connectivity index (χ1n) is 8.96. The molecule has 0 bridgehead atoms. The van der Waals surface area contributed by atoms with Gasteiger partial charge in [-0.15, -0.1) is 0 Å². The first kappa shape index (κ1) is 24.6. The minimum atomic E-state index is -4.66. The summed E-state index contributed by atoms with van der Waals surface area (Å²) >= 11 is 0. The third kappa shape index (κ3) is 8.23. The molecule has 0 aliphatic rings. The fourth-order valence-corrected chi connectivity index (χ4v) is 3.52. The number of rotatable bonds is 10. The zero-order chi connectivity index (χ0) is 19.0. The van der Waals surface area contributed by atoms with Crippen LogP contribution in [0.4, 0.5) is 0 Å². The summed E-state index contributed by atoms with van der Waals surface area (Å²) in [5, 5.41) is 11.8. The molecule has 0 aromatic heterocycles. The van der Waals surface area contributed by atoms with Crippen molar-refractivity contribution in [3.05, 3.63) is 48.0 Å². The molecule has 142 valence electrons. The third-order valence-corrected chi connectivity index (χ3v) is 5.06. The van der Waals surface area contributed by atoms with Gasteiger partial charge in [0.05, 0.1) is 0 Å². The summed E-state index contributed by atoms with van der Waals surface area (Å²) in [6.45, 7) is 2.20. The van der Waals surface area contributed by atoms with Crippen molar-refractivity contribution in [2.45, 2.75) is 56.8 Å². The Morgan fingerprint density at radius 2 is 1.67 bits per heavy atom. The van der Waals surface area contributed by atoms with Gasteiger partial charge in [0.1, 0.15) is 16.4 Å². The smallest absolute Gasteiger partial charge is 0.871 e. The number of aryl methyl sites for hydroxylation is 1. The number of hydrogen-bond acceptors (Lipinski definition) is 4. The first-order valence-corrected chi connectivity index (χ1v) is 10.4. The monoisotopic (exact) mass is 416 g/mol. The van der Waals surface area contributed by atoms with E-state index in [0.717, 1.165) is 24.5 Å². The predicted octanol–water partition coefficient (Wildman–Crippen LogP) is 1.71. The largest absolute Gasteiger partial charge is 1.00 e. The van der Waals surface area contributed by atoms with E-state index in [-0.39, 0.29) is 57.1 Å². The Bertz CT molecular complexity index is 821. The van der Waals surface area contributed by atoms with Gasteiger partial charge < -0.3 is 9.84 Å². The zero-order valence-electron chi connectivity index (χ0n) is 16.0. The van der Waals surface area contributed by atoms with Gasteiger partial charge in [-0.1, -0.05) is 69.0 Å². The van der Waals surface area contributed by atoms with E-state index in [1.807, 2.05) is 18.2 Å². The maximum atomic E-state index is 11.8. The summed E-state index contributed by atoms with van der Waals surface area (Å²) in [6, 6.07) is 11.2. The molecular weight excluding hydrogens is 391 g/mol. The van der Waals surface area contributed by atoms with Crippen LogP contribution in [0.1, 0.15) is 51.0 Å². The molecule has 0 saturated heterocycles. The van der Waals surface area contributed by atoms with Crippen LogP contribution in [0.15, 0.2) is 47.4 Å². The summed E-state index contributed by atoms with van der Waals surface area (Å²) in [6.07, 6.45) is 8.18. The summed E-state index contributed by atoms with van der Waals surface area (Å²) in [5.41, 5.74) is 1.09. The van der Waals surface area contributed by atoms with Gasteiger partial charge in [0, 0.05) is 0 Å². The van der Waals surface area contributed by atoms with E-state index in [1.54, 1.807) is 6.07 Å². The average Bonchev–Trinajstić information content (AvgIpc) is 2.57. The van der Waals surface area contributed by atoms with Crippen molar-refractivity contribution in [2.24, 2.45) is 0 Å². The van der Waals surface area contributed by atoms with E-state index in [0.29, 0.717) is 5.75 Å². The maximum Gasteiger partial charge on any atom is 1.00 e. The molecule has 0 fully saturated rings. The van der Waals surface area contributed by atoms with Crippen molar-refractivity contribution < 1.29 is 74.2 Å². The molecule has 0 aliphatic carbocycles. The Kier molecular flexibility index (Phi) is 11.1. The summed E-state index contributed by atoms with van der Waals surface area (Å²) in [4.78, 5) is -0.735. The van der Waals surface area contributed by atoms with E-state index in [2.05, 4.69) is 6.92 Å². The number of unbranched alkanes of at least 4 members (excludes halogenated alkanes) is 5. The molecule has 2 aromatic rings. The van der Waals surface area contributed by atoms with E-state index >= 15 is 0 Å². The molecule has 0 amide bonds. The van der Waals surface area contributed by atoms with Crippen LogP contribution >= 0.6 is 0 Å². The quantitative estimate of drug-likeness (QED) is 0.362. The minimum Gasteiger partial charge on any atom is -0.871 e. The van der Waals surface area contributed by atoms with Crippen LogP contribution in [-0.4, -0.2) is 13.0 Å². The van der Waals surface area contributed by atoms with Crippen molar-refractivity contribution in [1.82, 2.24) is 0 Å². The topological polar surface area (TPSA) is 86.7 Å². The molecule has 27 heavy (non-hydrogen) atoms. The molecule has 2 aromatic carbocycles. The standard InChI is InChI=1S/C20H26O5S.K/c1-2-3-4-5-6-7-10-16-11-8-12-17(15-16)25-19-14-9-13-18(21)20(19)26(22,23)24;/h8-9,11-15,21H,2-7,10H2,1H3,(H,22,23,24);/q;+1/p-1. The van der Waals surface area contributed by atoms with Gasteiger partial charge in [0.15, 0.2) is 0 Å². The van der Waals surface area contributed by atoms with Crippen LogP contribution in [0.5, 0.6) is 17.2 Å². The Labute approximate surface area is 204 Å². The SMILES string of the molecule is CCCCCCCCc1cccc(Oc2cccc([O-])c2S(=O)(=O)O)c1.[K+]. The second kappa shape index (κ2) is 12.2. The Balaban J connectivity index is 0.00000364. The second-order valence-electron chi connectivity index (χ2n) is 6.33. The van der Waals surface area contributed by atoms with Crippen LogP contribution in [0.25, 0.3) is 0 Å². The van der Waals surface area contributed by atoms with Crippen molar-refractivity contribution in [2.75, 3.05) is 0 Å². The fourth-order valence-electron chi connectivity index (χ4n) is 2.83. The van der Waals surface area contributed by atoms with E-state index in [4.69, 9.17) is 4.74 Å². The van der Waals surface area contributed by atoms with E-state index in [9.17, 15) is 18.1 Å².